The van der Waals surface area contributed by atoms with E-state index in [9.17, 15) is 9.59 Å². The van der Waals surface area contributed by atoms with Crippen molar-refractivity contribution in [2.45, 2.75) is 6.42 Å². The van der Waals surface area contributed by atoms with Crippen molar-refractivity contribution < 1.29 is 14.3 Å². The summed E-state index contributed by atoms with van der Waals surface area (Å²) in [6, 6.07) is 7.02. The van der Waals surface area contributed by atoms with Crippen LogP contribution in [0.25, 0.3) is 0 Å². The van der Waals surface area contributed by atoms with Gasteiger partial charge in [0.1, 0.15) is 12.2 Å². The van der Waals surface area contributed by atoms with Gasteiger partial charge < -0.3 is 15.4 Å². The minimum absolute atomic E-state index is 0.200. The summed E-state index contributed by atoms with van der Waals surface area (Å²) in [5, 5.41) is 4.98. The van der Waals surface area contributed by atoms with Crippen LogP contribution in [-0.2, 0) is 9.59 Å². The Morgan fingerprint density at radius 2 is 1.94 bits per heavy atom. The first-order chi connectivity index (χ1) is 7.67. The molecule has 0 aliphatic rings. The molecule has 1 rings (SSSR count). The number of methoxy groups -OCH3 is 1. The lowest BCUT2D eigenvalue weighted by Gasteiger charge is -2.09. The number of rotatable bonds is 4. The topological polar surface area (TPSA) is 67.4 Å². The van der Waals surface area contributed by atoms with Crippen molar-refractivity contribution in [3.8, 4) is 5.75 Å². The average molecular weight is 222 g/mol. The second-order valence-electron chi connectivity index (χ2n) is 3.10. The first kappa shape index (κ1) is 12.0. The monoisotopic (exact) mass is 222 g/mol. The molecule has 0 fully saturated rings. The highest BCUT2D eigenvalue weighted by atomic mass is 16.5. The first-order valence-electron chi connectivity index (χ1n) is 4.81. The van der Waals surface area contributed by atoms with Crippen molar-refractivity contribution in [2.24, 2.45) is 0 Å². The van der Waals surface area contributed by atoms with Crippen LogP contribution in [0.3, 0.4) is 0 Å². The fourth-order valence-electron chi connectivity index (χ4n) is 1.18. The fraction of sp³-hybridized carbons (Fsp3) is 0.273. The zero-order valence-corrected chi connectivity index (χ0v) is 9.24. The molecule has 0 radical (unpaired) electrons. The third-order valence-corrected chi connectivity index (χ3v) is 1.98. The number of carbonyl (C=O) groups excluding carboxylic acids is 2. The number of para-hydroxylation sites is 2. The van der Waals surface area contributed by atoms with Gasteiger partial charge in [0.2, 0.25) is 11.8 Å². The number of anilines is 1. The van der Waals surface area contributed by atoms with Gasteiger partial charge in [-0.05, 0) is 12.1 Å². The number of nitrogens with one attached hydrogen (secondary N) is 2. The Hall–Kier alpha value is -2.04. The van der Waals surface area contributed by atoms with E-state index in [-0.39, 0.29) is 18.2 Å². The van der Waals surface area contributed by atoms with Gasteiger partial charge in [0.15, 0.2) is 0 Å². The molecule has 0 bridgehead atoms. The maximum absolute atomic E-state index is 11.4. The largest absolute Gasteiger partial charge is 0.495 e. The Labute approximate surface area is 93.8 Å². The van der Waals surface area contributed by atoms with Gasteiger partial charge in [-0.25, -0.2) is 0 Å². The molecular weight excluding hydrogens is 208 g/mol. The molecular formula is C11H14N2O3. The third kappa shape index (κ3) is 3.27. The average Bonchev–Trinajstić information content (AvgIpc) is 2.29. The second-order valence-corrected chi connectivity index (χ2v) is 3.10. The standard InChI is InChI=1S/C11H14N2O3/c1-12-10(14)7-11(15)13-8-5-3-4-6-9(8)16-2/h3-6H,7H2,1-2H3,(H,12,14)(H,13,15). The predicted octanol–water partition coefficient (Wildman–Crippen LogP) is 0.770. The van der Waals surface area contributed by atoms with Crippen LogP contribution in [0.5, 0.6) is 5.75 Å². The number of benzene rings is 1. The van der Waals surface area contributed by atoms with E-state index in [1.54, 1.807) is 24.3 Å². The lowest BCUT2D eigenvalue weighted by molar-refractivity contribution is -0.126. The van der Waals surface area contributed by atoms with Crippen molar-refractivity contribution in [1.82, 2.24) is 5.32 Å². The van der Waals surface area contributed by atoms with Crippen LogP contribution in [0.1, 0.15) is 6.42 Å². The summed E-state index contributed by atoms with van der Waals surface area (Å²) < 4.78 is 5.06. The van der Waals surface area contributed by atoms with Gasteiger partial charge in [-0.2, -0.15) is 0 Å². The van der Waals surface area contributed by atoms with Crippen LogP contribution < -0.4 is 15.4 Å². The molecule has 1 aromatic rings. The van der Waals surface area contributed by atoms with Gasteiger partial charge in [0.05, 0.1) is 12.8 Å². The van der Waals surface area contributed by atoms with Crippen molar-refractivity contribution in [3.63, 3.8) is 0 Å². The van der Waals surface area contributed by atoms with Gasteiger partial charge in [0.25, 0.3) is 0 Å². The van der Waals surface area contributed by atoms with Gasteiger partial charge in [-0.1, -0.05) is 12.1 Å². The maximum Gasteiger partial charge on any atom is 0.233 e. The molecule has 0 saturated heterocycles. The molecule has 5 nitrogen and oxygen atoms in total. The summed E-state index contributed by atoms with van der Waals surface area (Å²) >= 11 is 0. The number of carbonyl (C=O) groups is 2. The molecule has 1 aromatic carbocycles. The van der Waals surface area contributed by atoms with Crippen molar-refractivity contribution in [1.29, 1.82) is 0 Å². The van der Waals surface area contributed by atoms with Crippen LogP contribution in [0.2, 0.25) is 0 Å². The molecule has 0 saturated carbocycles. The van der Waals surface area contributed by atoms with Gasteiger partial charge in [-0.3, -0.25) is 9.59 Å². The number of hydrogen-bond donors (Lipinski definition) is 2. The van der Waals surface area contributed by atoms with E-state index in [0.717, 1.165) is 0 Å². The van der Waals surface area contributed by atoms with Crippen LogP contribution in [0.4, 0.5) is 5.69 Å². The zero-order chi connectivity index (χ0) is 12.0. The minimum Gasteiger partial charge on any atom is -0.495 e. The number of ether oxygens (including phenoxy) is 1. The molecule has 86 valence electrons. The zero-order valence-electron chi connectivity index (χ0n) is 9.24. The van der Waals surface area contributed by atoms with Crippen molar-refractivity contribution >= 4 is 17.5 Å². The summed E-state index contributed by atoms with van der Waals surface area (Å²) in [5.74, 6) is -0.135. The summed E-state index contributed by atoms with van der Waals surface area (Å²) in [4.78, 5) is 22.4. The van der Waals surface area contributed by atoms with E-state index >= 15 is 0 Å². The maximum atomic E-state index is 11.4. The molecule has 2 N–H and O–H groups in total. The molecule has 5 heteroatoms. The minimum atomic E-state index is -0.371. The Kier molecular flexibility index (Phi) is 4.32. The van der Waals surface area contributed by atoms with E-state index in [1.165, 1.54) is 14.2 Å². The van der Waals surface area contributed by atoms with E-state index < -0.39 is 0 Å². The summed E-state index contributed by atoms with van der Waals surface area (Å²) in [6.07, 6.45) is -0.200. The van der Waals surface area contributed by atoms with E-state index in [1.807, 2.05) is 0 Å². The molecule has 2 amide bonds. The summed E-state index contributed by atoms with van der Waals surface area (Å²) in [6.45, 7) is 0. The molecule has 0 spiro atoms. The lowest BCUT2D eigenvalue weighted by Crippen LogP contribution is -2.24. The highest BCUT2D eigenvalue weighted by molar-refractivity contribution is 6.04. The van der Waals surface area contributed by atoms with E-state index in [0.29, 0.717) is 11.4 Å². The number of amides is 2. The first-order valence-corrected chi connectivity index (χ1v) is 4.81. The van der Waals surface area contributed by atoms with E-state index in [2.05, 4.69) is 10.6 Å². The fourth-order valence-corrected chi connectivity index (χ4v) is 1.18. The SMILES string of the molecule is CNC(=O)CC(=O)Nc1ccccc1OC. The lowest BCUT2D eigenvalue weighted by atomic mass is 10.2. The van der Waals surface area contributed by atoms with Crippen LogP contribution >= 0.6 is 0 Å². The third-order valence-electron chi connectivity index (χ3n) is 1.98. The van der Waals surface area contributed by atoms with Gasteiger partial charge in [-0.15, -0.1) is 0 Å². The molecule has 0 heterocycles. The van der Waals surface area contributed by atoms with Crippen molar-refractivity contribution in [2.75, 3.05) is 19.5 Å². The highest BCUT2D eigenvalue weighted by Crippen LogP contribution is 2.22. The van der Waals surface area contributed by atoms with Crippen molar-refractivity contribution in [3.05, 3.63) is 24.3 Å². The quantitative estimate of drug-likeness (QED) is 0.739. The molecule has 0 aliphatic carbocycles. The molecule has 0 aromatic heterocycles. The second kappa shape index (κ2) is 5.75. The van der Waals surface area contributed by atoms with Crippen LogP contribution in [0.15, 0.2) is 24.3 Å². The van der Waals surface area contributed by atoms with E-state index in [4.69, 9.17) is 4.74 Å². The Morgan fingerprint density at radius 3 is 2.56 bits per heavy atom. The van der Waals surface area contributed by atoms with Gasteiger partial charge >= 0.3 is 0 Å². The van der Waals surface area contributed by atoms with Gasteiger partial charge in [0, 0.05) is 7.05 Å². The Morgan fingerprint density at radius 1 is 1.25 bits per heavy atom. The Bertz CT molecular complexity index is 391. The Balaban J connectivity index is 2.65. The number of hydrogen-bond acceptors (Lipinski definition) is 3. The van der Waals surface area contributed by atoms with Crippen LogP contribution in [-0.4, -0.2) is 26.0 Å². The molecule has 0 aliphatic heterocycles. The highest BCUT2D eigenvalue weighted by Gasteiger charge is 2.10. The van der Waals surface area contributed by atoms with Crippen LogP contribution in [0, 0.1) is 0 Å². The summed E-state index contributed by atoms with van der Waals surface area (Å²) in [5.41, 5.74) is 0.555. The molecule has 0 unspecified atom stereocenters. The molecule has 16 heavy (non-hydrogen) atoms. The predicted molar refractivity (Wildman–Crippen MR) is 60.3 cm³/mol. The smallest absolute Gasteiger partial charge is 0.233 e. The molecule has 0 atom stereocenters. The normalized spacial score (nSPS) is 9.38. The summed E-state index contributed by atoms with van der Waals surface area (Å²) in [7, 11) is 3.00.